The first kappa shape index (κ1) is 66.5. The Balaban J connectivity index is 0.0000000973. The number of para-hydroxylation sites is 7. The molecule has 0 aliphatic carbocycles. The molecule has 0 aliphatic rings. The summed E-state index contributed by atoms with van der Waals surface area (Å²) in [7, 11) is 0. The quantitative estimate of drug-likeness (QED) is 0.157. The summed E-state index contributed by atoms with van der Waals surface area (Å²) >= 11 is 0. The van der Waals surface area contributed by atoms with Gasteiger partial charge in [0, 0.05) is 49.4 Å². The van der Waals surface area contributed by atoms with Gasteiger partial charge in [0.1, 0.15) is 0 Å². The Kier molecular flexibility index (Phi) is 18.7. The molecule has 0 saturated heterocycles. The number of fused-ring (bicyclic) bond motifs is 18. The van der Waals surface area contributed by atoms with Crippen molar-refractivity contribution in [2.75, 3.05) is 0 Å². The summed E-state index contributed by atoms with van der Waals surface area (Å²) in [5.41, 5.74) is 19.1. The largest absolute Gasteiger partial charge is 0.309 e. The Morgan fingerprint density at radius 3 is 1.00 bits per heavy atom. The predicted octanol–water partition coefficient (Wildman–Crippen LogP) is 28.2. The molecule has 21 aromatic rings. The normalized spacial score (nSPS) is 11.1. The summed E-state index contributed by atoms with van der Waals surface area (Å²) < 4.78 is 7.04. The molecule has 0 atom stereocenters. The van der Waals surface area contributed by atoms with Crippen LogP contribution in [-0.4, -0.2) is 13.7 Å². The van der Waals surface area contributed by atoms with Gasteiger partial charge in [-0.3, -0.25) is 0 Å². The molecule has 3 nitrogen and oxygen atoms in total. The molecule has 0 unspecified atom stereocenters. The Hall–Kier alpha value is -13.1. The van der Waals surface area contributed by atoms with E-state index in [2.05, 4.69) is 437 Å². The van der Waals surface area contributed by atoms with E-state index in [-0.39, 0.29) is 0 Å². The van der Waals surface area contributed by atoms with Gasteiger partial charge < -0.3 is 13.7 Å². The highest BCUT2D eigenvalue weighted by atomic mass is 15.0. The standard InChI is InChI=1S/3C19H15N.3C15H12/c1-14-8-2-5-11-17(14)20-18-12-6-3-9-15(18)16-10-4-7-13-19(16)20;1-14-7-6-8-15(13-14)20-18-11-4-2-9-16(18)17-10-3-5-12-19(17)20;1-14-10-12-15(13-11-14)20-18-8-4-2-6-16(18)17-7-3-5-9-19(17)20;1-11-5-4-7-13-10-9-12-6-2-3-8-14(12)15(11)13;1-11-6-9-15-13(10-11)8-7-12-4-2-3-5-14(12)15;1-11-6-7-13-9-8-12-4-2-3-5-14(12)15(13)10-11/h3*2-13H,1H3;3*2-10H,1H3. The zero-order chi connectivity index (χ0) is 71.3. The minimum atomic E-state index is 1.22. The SMILES string of the molecule is Cc1ccc(-n2c3ccccc3c3ccccc32)cc1.Cc1ccc2c(ccc3ccccc32)c1.Cc1ccc2ccc3ccccc3c2c1.Cc1cccc(-n2c3ccccc3c3ccccc32)c1.Cc1cccc2ccc3ccccc3c12.Cc1ccccc1-n1c2ccccc2c2ccccc21. The van der Waals surface area contributed by atoms with Crippen molar-refractivity contribution in [2.45, 2.75) is 41.5 Å². The Labute approximate surface area is 614 Å². The van der Waals surface area contributed by atoms with Crippen LogP contribution in [0.15, 0.2) is 382 Å². The number of rotatable bonds is 3. The minimum absolute atomic E-state index is 1.22. The van der Waals surface area contributed by atoms with Gasteiger partial charge in [0.25, 0.3) is 0 Å². The van der Waals surface area contributed by atoms with Gasteiger partial charge in [0.2, 0.25) is 0 Å². The summed E-state index contributed by atoms with van der Waals surface area (Å²) in [6, 6.07) is 136. The summed E-state index contributed by atoms with van der Waals surface area (Å²) in [5.74, 6) is 0. The Morgan fingerprint density at radius 1 is 0.162 bits per heavy atom. The van der Waals surface area contributed by atoms with E-state index in [0.717, 1.165) is 0 Å². The highest BCUT2D eigenvalue weighted by Crippen LogP contribution is 2.37. The smallest absolute Gasteiger partial charge is 0.0541 e. The average Bonchev–Trinajstić information content (AvgIpc) is 1.51. The van der Waals surface area contributed by atoms with E-state index in [4.69, 9.17) is 0 Å². The van der Waals surface area contributed by atoms with Crippen LogP contribution in [0.2, 0.25) is 0 Å². The molecule has 0 aliphatic heterocycles. The highest BCUT2D eigenvalue weighted by Gasteiger charge is 2.15. The molecular formula is C102H81N3. The molecule has 18 aromatic carbocycles. The predicted molar refractivity (Wildman–Crippen MR) is 455 cm³/mol. The van der Waals surface area contributed by atoms with E-state index in [9.17, 15) is 0 Å². The fourth-order valence-corrected chi connectivity index (χ4v) is 15.4. The zero-order valence-electron chi connectivity index (χ0n) is 60.2. The van der Waals surface area contributed by atoms with Crippen LogP contribution in [0, 0.1) is 41.5 Å². The second-order valence-electron chi connectivity index (χ2n) is 27.6. The maximum absolute atomic E-state index is 2.36. The molecule has 105 heavy (non-hydrogen) atoms. The third kappa shape index (κ3) is 13.4. The summed E-state index contributed by atoms with van der Waals surface area (Å²) in [6.07, 6.45) is 0. The molecule has 0 bridgehead atoms. The molecule has 3 heterocycles. The number of benzene rings is 18. The Bertz CT molecular complexity index is 6570. The van der Waals surface area contributed by atoms with Crippen LogP contribution in [0.25, 0.3) is 147 Å². The molecular weight excluding hydrogens is 1270 g/mol. The van der Waals surface area contributed by atoms with Gasteiger partial charge in [0.15, 0.2) is 0 Å². The van der Waals surface area contributed by atoms with Gasteiger partial charge in [-0.25, -0.2) is 0 Å². The first-order chi connectivity index (χ1) is 51.6. The lowest BCUT2D eigenvalue weighted by atomic mass is 9.99. The van der Waals surface area contributed by atoms with Crippen LogP contribution in [0.4, 0.5) is 0 Å². The van der Waals surface area contributed by atoms with E-state index in [1.54, 1.807) is 0 Å². The van der Waals surface area contributed by atoms with Crippen molar-refractivity contribution in [1.82, 2.24) is 13.7 Å². The minimum Gasteiger partial charge on any atom is -0.309 e. The van der Waals surface area contributed by atoms with E-state index in [0.29, 0.717) is 0 Å². The Morgan fingerprint density at radius 2 is 0.486 bits per heavy atom. The maximum atomic E-state index is 2.36. The van der Waals surface area contributed by atoms with Gasteiger partial charge in [-0.2, -0.15) is 0 Å². The third-order valence-electron chi connectivity index (χ3n) is 20.4. The van der Waals surface area contributed by atoms with E-state index >= 15 is 0 Å². The number of aromatic nitrogens is 3. The summed E-state index contributed by atoms with van der Waals surface area (Å²) in [4.78, 5) is 0. The molecule has 0 radical (unpaired) electrons. The maximum Gasteiger partial charge on any atom is 0.0541 e. The van der Waals surface area contributed by atoms with E-state index in [1.165, 1.54) is 180 Å². The number of aryl methyl sites for hydroxylation is 6. The number of hydrogen-bond acceptors (Lipinski definition) is 0. The fraction of sp³-hybridized carbons (Fsp3) is 0.0588. The third-order valence-corrected chi connectivity index (χ3v) is 20.4. The molecule has 0 fully saturated rings. The molecule has 0 spiro atoms. The topological polar surface area (TPSA) is 14.8 Å². The van der Waals surface area contributed by atoms with Gasteiger partial charge in [-0.1, -0.05) is 332 Å². The van der Waals surface area contributed by atoms with Gasteiger partial charge in [0.05, 0.1) is 33.1 Å². The second-order valence-corrected chi connectivity index (χ2v) is 27.6. The van der Waals surface area contributed by atoms with Crippen LogP contribution in [0.1, 0.15) is 33.4 Å². The average molecular weight is 1350 g/mol. The monoisotopic (exact) mass is 1350 g/mol. The molecule has 0 amide bonds. The first-order valence-corrected chi connectivity index (χ1v) is 36.4. The van der Waals surface area contributed by atoms with Gasteiger partial charge in [-0.05, 0) is 190 Å². The van der Waals surface area contributed by atoms with Gasteiger partial charge >= 0.3 is 0 Å². The second kappa shape index (κ2) is 29.5. The van der Waals surface area contributed by atoms with Crippen molar-refractivity contribution in [3.63, 3.8) is 0 Å². The van der Waals surface area contributed by atoms with Crippen molar-refractivity contribution in [1.29, 1.82) is 0 Å². The molecule has 504 valence electrons. The van der Waals surface area contributed by atoms with Crippen molar-refractivity contribution < 1.29 is 0 Å². The van der Waals surface area contributed by atoms with Crippen LogP contribution in [0.5, 0.6) is 0 Å². The van der Waals surface area contributed by atoms with Crippen LogP contribution in [-0.2, 0) is 0 Å². The van der Waals surface area contributed by atoms with E-state index < -0.39 is 0 Å². The first-order valence-electron chi connectivity index (χ1n) is 36.4. The molecule has 21 rings (SSSR count). The van der Waals surface area contributed by atoms with Gasteiger partial charge in [-0.15, -0.1) is 0 Å². The summed E-state index contributed by atoms with van der Waals surface area (Å²) in [5, 5.41) is 23.9. The fourth-order valence-electron chi connectivity index (χ4n) is 15.4. The molecule has 0 N–H and O–H groups in total. The highest BCUT2D eigenvalue weighted by molar-refractivity contribution is 6.13. The van der Waals surface area contributed by atoms with Crippen molar-refractivity contribution in [2.24, 2.45) is 0 Å². The number of nitrogens with zero attached hydrogens (tertiary/aromatic N) is 3. The number of hydrogen-bond donors (Lipinski definition) is 0. The summed E-state index contributed by atoms with van der Waals surface area (Å²) in [6.45, 7) is 12.9. The van der Waals surface area contributed by atoms with Crippen molar-refractivity contribution in [3.05, 3.63) is 416 Å². The lowest BCUT2D eigenvalue weighted by molar-refractivity contribution is 1.15. The van der Waals surface area contributed by atoms with Crippen molar-refractivity contribution in [3.8, 4) is 17.1 Å². The molecule has 3 heteroatoms. The van der Waals surface area contributed by atoms with E-state index in [1.807, 2.05) is 0 Å². The van der Waals surface area contributed by atoms with Crippen LogP contribution < -0.4 is 0 Å². The lowest BCUT2D eigenvalue weighted by Gasteiger charge is -2.10. The zero-order valence-corrected chi connectivity index (χ0v) is 60.2. The van der Waals surface area contributed by atoms with Crippen LogP contribution >= 0.6 is 0 Å². The molecule has 3 aromatic heterocycles. The van der Waals surface area contributed by atoms with Crippen LogP contribution in [0.3, 0.4) is 0 Å². The van der Waals surface area contributed by atoms with Crippen molar-refractivity contribution >= 4 is 130 Å². The lowest BCUT2D eigenvalue weighted by Crippen LogP contribution is -1.96. The molecule has 0 saturated carbocycles.